The van der Waals surface area contributed by atoms with Gasteiger partial charge in [0.05, 0.1) is 5.75 Å². The second-order valence-electron chi connectivity index (χ2n) is 6.44. The quantitative estimate of drug-likeness (QED) is 0.206. The van der Waals surface area contributed by atoms with E-state index in [2.05, 4.69) is 20.5 Å². The zero-order valence-corrected chi connectivity index (χ0v) is 19.8. The molecule has 9 heteroatoms. The number of nitrogens with zero attached hydrogens (tertiary/aromatic N) is 3. The van der Waals surface area contributed by atoms with E-state index in [0.717, 1.165) is 19.5 Å². The molecule has 1 saturated heterocycles. The largest absolute Gasteiger partial charge is 0.356 e. The van der Waals surface area contributed by atoms with Crippen LogP contribution in [0.5, 0.6) is 0 Å². The van der Waals surface area contributed by atoms with E-state index in [1.54, 1.807) is 7.05 Å². The van der Waals surface area contributed by atoms with Crippen LogP contribution >= 0.6 is 24.0 Å². The summed E-state index contributed by atoms with van der Waals surface area (Å²) >= 11 is 0. The van der Waals surface area contributed by atoms with Crippen LogP contribution in [0.1, 0.15) is 46.0 Å². The Bertz CT molecular complexity index is 476. The predicted octanol–water partition coefficient (Wildman–Crippen LogP) is 1.71. The highest BCUT2D eigenvalue weighted by molar-refractivity contribution is 14.0. The monoisotopic (exact) mass is 503 g/mol. The van der Waals surface area contributed by atoms with Crippen molar-refractivity contribution in [2.24, 2.45) is 4.99 Å². The molecule has 26 heavy (non-hydrogen) atoms. The summed E-state index contributed by atoms with van der Waals surface area (Å²) in [5.74, 6) is 0.758. The van der Waals surface area contributed by atoms with Gasteiger partial charge < -0.3 is 15.5 Å². The van der Waals surface area contributed by atoms with Crippen molar-refractivity contribution in [3.63, 3.8) is 0 Å². The molecule has 1 heterocycles. The summed E-state index contributed by atoms with van der Waals surface area (Å²) in [5.41, 5.74) is 0. The molecule has 0 aromatic heterocycles. The molecule has 1 rings (SSSR count). The SMILES string of the molecule is CCN(CC)S(=O)(=O)CCNC(=NC)NCCCN1CCCCCC1.I. The minimum Gasteiger partial charge on any atom is -0.356 e. The van der Waals surface area contributed by atoms with E-state index < -0.39 is 10.0 Å². The van der Waals surface area contributed by atoms with Gasteiger partial charge in [-0.25, -0.2) is 12.7 Å². The lowest BCUT2D eigenvalue weighted by Crippen LogP contribution is -2.42. The fourth-order valence-corrected chi connectivity index (χ4v) is 4.54. The van der Waals surface area contributed by atoms with Crippen LogP contribution in [0.4, 0.5) is 0 Å². The lowest BCUT2D eigenvalue weighted by Gasteiger charge is -2.20. The second-order valence-corrected chi connectivity index (χ2v) is 8.52. The van der Waals surface area contributed by atoms with Crippen molar-refractivity contribution in [3.05, 3.63) is 0 Å². The molecule has 0 aliphatic carbocycles. The first-order valence-corrected chi connectivity index (χ1v) is 11.3. The highest BCUT2D eigenvalue weighted by Gasteiger charge is 2.18. The molecule has 0 unspecified atom stereocenters. The molecule has 0 aromatic carbocycles. The first-order valence-electron chi connectivity index (χ1n) is 9.68. The smallest absolute Gasteiger partial charge is 0.215 e. The van der Waals surface area contributed by atoms with Crippen molar-refractivity contribution in [2.45, 2.75) is 46.0 Å². The molecule has 0 saturated carbocycles. The Balaban J connectivity index is 0.00000625. The molecule has 1 aliphatic rings. The Hall–Kier alpha value is -0.130. The van der Waals surface area contributed by atoms with Crippen LogP contribution in [0.25, 0.3) is 0 Å². The molecule has 0 aromatic rings. The molecule has 7 nitrogen and oxygen atoms in total. The molecule has 0 amide bonds. The van der Waals surface area contributed by atoms with Crippen molar-refractivity contribution in [1.82, 2.24) is 19.8 Å². The Morgan fingerprint density at radius 2 is 1.62 bits per heavy atom. The number of hydrogen-bond donors (Lipinski definition) is 2. The number of rotatable bonds is 10. The lowest BCUT2D eigenvalue weighted by molar-refractivity contribution is 0.282. The summed E-state index contributed by atoms with van der Waals surface area (Å²) < 4.78 is 25.8. The number of sulfonamides is 1. The van der Waals surface area contributed by atoms with Crippen LogP contribution in [0.15, 0.2) is 4.99 Å². The van der Waals surface area contributed by atoms with Gasteiger partial charge in [0.25, 0.3) is 0 Å². The van der Waals surface area contributed by atoms with Gasteiger partial charge in [-0.2, -0.15) is 0 Å². The van der Waals surface area contributed by atoms with Gasteiger partial charge in [-0.1, -0.05) is 26.7 Å². The van der Waals surface area contributed by atoms with E-state index >= 15 is 0 Å². The van der Waals surface area contributed by atoms with Crippen molar-refractivity contribution in [3.8, 4) is 0 Å². The van der Waals surface area contributed by atoms with Gasteiger partial charge in [-0.15, -0.1) is 24.0 Å². The van der Waals surface area contributed by atoms with Crippen LogP contribution in [-0.2, 0) is 10.0 Å². The van der Waals surface area contributed by atoms with Crippen molar-refractivity contribution >= 4 is 40.0 Å². The molecule has 0 radical (unpaired) electrons. The van der Waals surface area contributed by atoms with Gasteiger partial charge in [-0.3, -0.25) is 4.99 Å². The summed E-state index contributed by atoms with van der Waals surface area (Å²) in [6.07, 6.45) is 6.43. The third-order valence-electron chi connectivity index (χ3n) is 4.62. The van der Waals surface area contributed by atoms with Crippen molar-refractivity contribution < 1.29 is 8.42 Å². The molecule has 1 fully saturated rings. The maximum atomic E-state index is 12.1. The van der Waals surface area contributed by atoms with Crippen LogP contribution in [0, 0.1) is 0 Å². The van der Waals surface area contributed by atoms with E-state index in [1.165, 1.54) is 43.1 Å². The van der Waals surface area contributed by atoms with Crippen LogP contribution < -0.4 is 10.6 Å². The minimum absolute atomic E-state index is 0. The first-order chi connectivity index (χ1) is 12.0. The molecular weight excluding hydrogens is 465 g/mol. The van der Waals surface area contributed by atoms with Gasteiger partial charge in [0.2, 0.25) is 10.0 Å². The Morgan fingerprint density at radius 3 is 2.15 bits per heavy atom. The molecule has 0 bridgehead atoms. The Kier molecular flexibility index (Phi) is 14.8. The number of hydrogen-bond acceptors (Lipinski definition) is 4. The first kappa shape index (κ1) is 25.9. The fraction of sp³-hybridized carbons (Fsp3) is 0.941. The van der Waals surface area contributed by atoms with Crippen LogP contribution in [0.2, 0.25) is 0 Å². The van der Waals surface area contributed by atoms with E-state index in [9.17, 15) is 8.42 Å². The van der Waals surface area contributed by atoms with Gasteiger partial charge >= 0.3 is 0 Å². The summed E-state index contributed by atoms with van der Waals surface area (Å²) in [6.45, 7) is 9.51. The van der Waals surface area contributed by atoms with E-state index in [0.29, 0.717) is 25.6 Å². The summed E-state index contributed by atoms with van der Waals surface area (Å²) in [6, 6.07) is 0. The van der Waals surface area contributed by atoms with E-state index in [1.807, 2.05) is 13.8 Å². The number of likely N-dealkylation sites (tertiary alicyclic amines) is 1. The number of guanidine groups is 1. The Morgan fingerprint density at radius 1 is 1.04 bits per heavy atom. The third kappa shape index (κ3) is 10.3. The minimum atomic E-state index is -3.19. The predicted molar refractivity (Wildman–Crippen MR) is 121 cm³/mol. The van der Waals surface area contributed by atoms with Gasteiger partial charge in [0, 0.05) is 33.2 Å². The normalized spacial score (nSPS) is 16.8. The lowest BCUT2D eigenvalue weighted by atomic mass is 10.2. The second kappa shape index (κ2) is 14.9. The summed E-state index contributed by atoms with van der Waals surface area (Å²) in [7, 11) is -1.48. The molecule has 1 aliphatic heterocycles. The molecule has 156 valence electrons. The average Bonchev–Trinajstić information content (AvgIpc) is 2.86. The van der Waals surface area contributed by atoms with E-state index in [4.69, 9.17) is 0 Å². The number of halogens is 1. The summed E-state index contributed by atoms with van der Waals surface area (Å²) in [4.78, 5) is 6.71. The average molecular weight is 503 g/mol. The fourth-order valence-electron chi connectivity index (χ4n) is 3.13. The maximum absolute atomic E-state index is 12.1. The third-order valence-corrected chi connectivity index (χ3v) is 6.64. The van der Waals surface area contributed by atoms with Crippen LogP contribution in [0.3, 0.4) is 0 Å². The number of nitrogens with one attached hydrogen (secondary N) is 2. The standard InChI is InChI=1S/C17H37N5O2S.HI/c1-4-22(5-2)25(23,24)16-12-20-17(18-3)19-11-10-15-21-13-8-6-7-9-14-21;/h4-16H2,1-3H3,(H2,18,19,20);1H. The zero-order valence-electron chi connectivity index (χ0n) is 16.7. The van der Waals surface area contributed by atoms with Gasteiger partial charge in [0.15, 0.2) is 5.96 Å². The number of aliphatic imine (C=N–C) groups is 1. The zero-order chi connectivity index (χ0) is 18.5. The molecular formula is C17H38IN5O2S. The highest BCUT2D eigenvalue weighted by Crippen LogP contribution is 2.09. The van der Waals surface area contributed by atoms with Gasteiger partial charge in [0.1, 0.15) is 0 Å². The van der Waals surface area contributed by atoms with Gasteiger partial charge in [-0.05, 0) is 38.9 Å². The van der Waals surface area contributed by atoms with Crippen molar-refractivity contribution in [1.29, 1.82) is 0 Å². The molecule has 0 spiro atoms. The maximum Gasteiger partial charge on any atom is 0.215 e. The molecule has 0 atom stereocenters. The Labute approximate surface area is 177 Å². The highest BCUT2D eigenvalue weighted by atomic mass is 127. The molecule has 2 N–H and O–H groups in total. The van der Waals surface area contributed by atoms with Crippen molar-refractivity contribution in [2.75, 3.05) is 58.6 Å². The van der Waals surface area contributed by atoms with Crippen LogP contribution in [-0.4, -0.2) is 82.2 Å². The summed E-state index contributed by atoms with van der Waals surface area (Å²) in [5, 5.41) is 6.37. The van der Waals surface area contributed by atoms with E-state index in [-0.39, 0.29) is 29.7 Å². The topological polar surface area (TPSA) is 77.0 Å².